The zero-order valence-electron chi connectivity index (χ0n) is 14.7. The molecule has 0 unspecified atom stereocenters. The first-order valence-corrected chi connectivity index (χ1v) is 9.15. The first-order chi connectivity index (χ1) is 12.1. The third-order valence-electron chi connectivity index (χ3n) is 5.55. The van der Waals surface area contributed by atoms with Crippen molar-refractivity contribution >= 4 is 6.03 Å². The summed E-state index contributed by atoms with van der Waals surface area (Å²) < 4.78 is 2.12. The molecule has 6 heteroatoms. The molecule has 1 N–H and O–H groups in total. The molecule has 1 fully saturated rings. The highest BCUT2D eigenvalue weighted by molar-refractivity contribution is 5.74. The Labute approximate surface area is 148 Å². The van der Waals surface area contributed by atoms with Gasteiger partial charge in [-0.1, -0.05) is 50.1 Å². The average Bonchev–Trinajstić information content (AvgIpc) is 3.26. The van der Waals surface area contributed by atoms with Crippen molar-refractivity contribution in [2.45, 2.75) is 45.7 Å². The Morgan fingerprint density at radius 2 is 1.92 bits per heavy atom. The monoisotopic (exact) mass is 339 g/mol. The maximum atomic E-state index is 12.5. The van der Waals surface area contributed by atoms with E-state index in [4.69, 9.17) is 0 Å². The fourth-order valence-corrected chi connectivity index (χ4v) is 3.94. The van der Waals surface area contributed by atoms with E-state index in [1.807, 2.05) is 35.2 Å². The number of fused-ring (bicyclic) bond motifs is 1. The Morgan fingerprint density at radius 3 is 2.68 bits per heavy atom. The highest BCUT2D eigenvalue weighted by Crippen LogP contribution is 2.36. The van der Waals surface area contributed by atoms with Crippen molar-refractivity contribution in [2.24, 2.45) is 5.41 Å². The number of carbonyl (C=O) groups is 1. The topological polar surface area (TPSA) is 63.1 Å². The average molecular weight is 339 g/mol. The van der Waals surface area contributed by atoms with Gasteiger partial charge < -0.3 is 14.8 Å². The van der Waals surface area contributed by atoms with Crippen molar-refractivity contribution in [1.29, 1.82) is 0 Å². The molecule has 4 rings (SSSR count). The molecule has 1 aliphatic carbocycles. The fourth-order valence-electron chi connectivity index (χ4n) is 3.94. The Kier molecular flexibility index (Phi) is 4.19. The van der Waals surface area contributed by atoms with Gasteiger partial charge in [0.1, 0.15) is 0 Å². The molecule has 2 aromatic rings. The summed E-state index contributed by atoms with van der Waals surface area (Å²) in [5, 5.41) is 11.8. The molecule has 0 bridgehead atoms. The van der Waals surface area contributed by atoms with E-state index in [-0.39, 0.29) is 11.4 Å². The molecule has 1 saturated carbocycles. The largest absolute Gasteiger partial charge is 0.337 e. The van der Waals surface area contributed by atoms with Gasteiger partial charge in [0.15, 0.2) is 11.6 Å². The Bertz CT molecular complexity index is 748. The lowest BCUT2D eigenvalue weighted by Crippen LogP contribution is -2.46. The molecule has 0 atom stereocenters. The van der Waals surface area contributed by atoms with Crippen LogP contribution >= 0.6 is 0 Å². The second kappa shape index (κ2) is 6.50. The summed E-state index contributed by atoms with van der Waals surface area (Å²) in [5.74, 6) is 1.74. The predicted molar refractivity (Wildman–Crippen MR) is 95.8 cm³/mol. The van der Waals surface area contributed by atoms with Gasteiger partial charge in [-0.3, -0.25) is 0 Å². The van der Waals surface area contributed by atoms with E-state index in [2.05, 4.69) is 27.0 Å². The Balaban J connectivity index is 1.41. The van der Waals surface area contributed by atoms with Gasteiger partial charge in [-0.25, -0.2) is 4.79 Å². The summed E-state index contributed by atoms with van der Waals surface area (Å²) in [6, 6.07) is 10.1. The quantitative estimate of drug-likeness (QED) is 0.935. The van der Waals surface area contributed by atoms with Gasteiger partial charge in [-0.2, -0.15) is 0 Å². The first-order valence-electron chi connectivity index (χ1n) is 9.15. The molecule has 1 aromatic carbocycles. The second-order valence-electron chi connectivity index (χ2n) is 7.56. The SMILES string of the molecule is CC1(CNC(=O)N2CCn3c(nnc3-c3ccccc3)C2)CCCC1. The number of hydrogen-bond donors (Lipinski definition) is 1. The number of rotatable bonds is 3. The number of aromatic nitrogens is 3. The number of nitrogens with zero attached hydrogens (tertiary/aromatic N) is 4. The van der Waals surface area contributed by atoms with E-state index in [9.17, 15) is 4.79 Å². The summed E-state index contributed by atoms with van der Waals surface area (Å²) >= 11 is 0. The lowest BCUT2D eigenvalue weighted by Gasteiger charge is -2.30. The molecule has 6 nitrogen and oxygen atoms in total. The number of benzene rings is 1. The van der Waals surface area contributed by atoms with Gasteiger partial charge in [0.25, 0.3) is 0 Å². The van der Waals surface area contributed by atoms with Crippen molar-refractivity contribution < 1.29 is 4.79 Å². The van der Waals surface area contributed by atoms with Crippen molar-refractivity contribution in [3.63, 3.8) is 0 Å². The van der Waals surface area contributed by atoms with Gasteiger partial charge in [0.2, 0.25) is 0 Å². The maximum absolute atomic E-state index is 12.5. The molecule has 0 saturated heterocycles. The number of nitrogens with one attached hydrogen (secondary N) is 1. The minimum atomic E-state index is 0.0173. The molecule has 1 aliphatic heterocycles. The summed E-state index contributed by atoms with van der Waals surface area (Å²) in [6.07, 6.45) is 4.98. The van der Waals surface area contributed by atoms with Crippen LogP contribution in [-0.2, 0) is 13.1 Å². The molecule has 2 amide bonds. The minimum absolute atomic E-state index is 0.0173. The highest BCUT2D eigenvalue weighted by atomic mass is 16.2. The van der Waals surface area contributed by atoms with Crippen LogP contribution in [0.3, 0.4) is 0 Å². The van der Waals surface area contributed by atoms with Crippen LogP contribution in [0.5, 0.6) is 0 Å². The molecule has 2 aliphatic rings. The smallest absolute Gasteiger partial charge is 0.317 e. The predicted octanol–water partition coefficient (Wildman–Crippen LogP) is 3.05. The first kappa shape index (κ1) is 16.1. The Morgan fingerprint density at radius 1 is 1.16 bits per heavy atom. The summed E-state index contributed by atoms with van der Waals surface area (Å²) in [4.78, 5) is 14.4. The summed E-state index contributed by atoms with van der Waals surface area (Å²) in [6.45, 7) is 4.98. The van der Waals surface area contributed by atoms with Gasteiger partial charge in [0.05, 0.1) is 6.54 Å². The van der Waals surface area contributed by atoms with E-state index in [1.165, 1.54) is 25.7 Å². The standard InChI is InChI=1S/C19H25N5O/c1-19(9-5-6-10-19)14-20-18(25)23-11-12-24-16(13-23)21-22-17(24)15-7-3-2-4-8-15/h2-4,7-8H,5-6,9-14H2,1H3,(H,20,25). The minimum Gasteiger partial charge on any atom is -0.337 e. The third-order valence-corrected chi connectivity index (χ3v) is 5.55. The molecule has 2 heterocycles. The molecule has 1 aromatic heterocycles. The molecule has 132 valence electrons. The lowest BCUT2D eigenvalue weighted by atomic mass is 9.89. The van der Waals surface area contributed by atoms with E-state index in [0.29, 0.717) is 13.1 Å². The second-order valence-corrected chi connectivity index (χ2v) is 7.56. The summed E-state index contributed by atoms with van der Waals surface area (Å²) in [7, 11) is 0. The molecule has 0 spiro atoms. The normalized spacial score (nSPS) is 18.8. The number of hydrogen-bond acceptors (Lipinski definition) is 3. The summed E-state index contributed by atoms with van der Waals surface area (Å²) in [5.41, 5.74) is 1.33. The van der Waals surface area contributed by atoms with Crippen LogP contribution in [0.4, 0.5) is 4.79 Å². The number of amides is 2. The van der Waals surface area contributed by atoms with Crippen molar-refractivity contribution in [3.8, 4) is 11.4 Å². The fraction of sp³-hybridized carbons (Fsp3) is 0.526. The molecule has 25 heavy (non-hydrogen) atoms. The van der Waals surface area contributed by atoms with E-state index in [1.54, 1.807) is 0 Å². The zero-order chi connectivity index (χ0) is 17.3. The van der Waals surface area contributed by atoms with Gasteiger partial charge in [-0.15, -0.1) is 10.2 Å². The van der Waals surface area contributed by atoms with E-state index in [0.717, 1.165) is 30.3 Å². The van der Waals surface area contributed by atoms with Gasteiger partial charge >= 0.3 is 6.03 Å². The Hall–Kier alpha value is -2.37. The van der Waals surface area contributed by atoms with Crippen LogP contribution in [0.25, 0.3) is 11.4 Å². The lowest BCUT2D eigenvalue weighted by molar-refractivity contribution is 0.176. The highest BCUT2D eigenvalue weighted by Gasteiger charge is 2.30. The van der Waals surface area contributed by atoms with Crippen LogP contribution in [-0.4, -0.2) is 38.8 Å². The third kappa shape index (κ3) is 3.25. The van der Waals surface area contributed by atoms with Crippen LogP contribution in [0, 0.1) is 5.41 Å². The number of carbonyl (C=O) groups excluding carboxylic acids is 1. The molecular formula is C19H25N5O. The maximum Gasteiger partial charge on any atom is 0.317 e. The van der Waals surface area contributed by atoms with E-state index >= 15 is 0 Å². The van der Waals surface area contributed by atoms with Crippen molar-refractivity contribution in [1.82, 2.24) is 25.0 Å². The van der Waals surface area contributed by atoms with Gasteiger partial charge in [0, 0.05) is 25.2 Å². The van der Waals surface area contributed by atoms with Crippen LogP contribution in [0.15, 0.2) is 30.3 Å². The molecular weight excluding hydrogens is 314 g/mol. The number of urea groups is 1. The van der Waals surface area contributed by atoms with Crippen LogP contribution < -0.4 is 5.32 Å². The van der Waals surface area contributed by atoms with Crippen molar-refractivity contribution in [2.75, 3.05) is 13.1 Å². The van der Waals surface area contributed by atoms with E-state index < -0.39 is 0 Å². The van der Waals surface area contributed by atoms with Crippen LogP contribution in [0.1, 0.15) is 38.4 Å². The van der Waals surface area contributed by atoms with Crippen LogP contribution in [0.2, 0.25) is 0 Å². The zero-order valence-corrected chi connectivity index (χ0v) is 14.7. The van der Waals surface area contributed by atoms with Gasteiger partial charge in [-0.05, 0) is 18.3 Å². The molecule has 0 radical (unpaired) electrons. The van der Waals surface area contributed by atoms with Crippen molar-refractivity contribution in [3.05, 3.63) is 36.2 Å².